The molecule has 0 aliphatic heterocycles. The van der Waals surface area contributed by atoms with Crippen LogP contribution in [0.3, 0.4) is 0 Å². The van der Waals surface area contributed by atoms with Crippen molar-refractivity contribution < 1.29 is 4.74 Å². The van der Waals surface area contributed by atoms with Gasteiger partial charge in [0.1, 0.15) is 17.5 Å². The van der Waals surface area contributed by atoms with Crippen molar-refractivity contribution in [1.29, 1.82) is 0 Å². The van der Waals surface area contributed by atoms with Gasteiger partial charge in [0.05, 0.1) is 5.69 Å². The molecule has 2 nitrogen and oxygen atoms in total. The van der Waals surface area contributed by atoms with Crippen LogP contribution in [-0.4, -0.2) is 4.98 Å². The second-order valence-electron chi connectivity index (χ2n) is 3.65. The van der Waals surface area contributed by atoms with E-state index in [-0.39, 0.29) is 0 Å². The lowest BCUT2D eigenvalue weighted by atomic mass is 10.2. The van der Waals surface area contributed by atoms with E-state index >= 15 is 0 Å². The number of ether oxygens (including phenoxy) is 1. The second-order valence-corrected chi connectivity index (χ2v) is 4.95. The molecule has 1 heterocycles. The number of hydrogen-bond acceptors (Lipinski definition) is 2. The van der Waals surface area contributed by atoms with Gasteiger partial charge in [-0.05, 0) is 42.8 Å². The van der Waals surface area contributed by atoms with Gasteiger partial charge in [-0.2, -0.15) is 0 Å². The summed E-state index contributed by atoms with van der Waals surface area (Å²) in [4.78, 5) is 4.17. The molecule has 88 valence electrons. The zero-order valence-electron chi connectivity index (χ0n) is 9.28. The van der Waals surface area contributed by atoms with E-state index in [0.29, 0.717) is 11.8 Å². The van der Waals surface area contributed by atoms with Gasteiger partial charge >= 0.3 is 0 Å². The standard InChI is InChI=1S/C13H11BrClNO/c1-9-7-10(14)5-6-12(9)17-8-11-3-2-4-13(15)16-11/h2-7H,8H2,1H3. The molecule has 0 bridgehead atoms. The molecule has 0 aliphatic carbocycles. The van der Waals surface area contributed by atoms with Crippen LogP contribution in [0.2, 0.25) is 5.15 Å². The average Bonchev–Trinajstić information content (AvgIpc) is 2.28. The summed E-state index contributed by atoms with van der Waals surface area (Å²) in [5, 5.41) is 0.485. The Labute approximate surface area is 114 Å². The average molecular weight is 313 g/mol. The number of hydrogen-bond donors (Lipinski definition) is 0. The summed E-state index contributed by atoms with van der Waals surface area (Å²) in [6, 6.07) is 11.4. The minimum atomic E-state index is 0.420. The van der Waals surface area contributed by atoms with Crippen LogP contribution in [0.4, 0.5) is 0 Å². The molecule has 0 spiro atoms. The lowest BCUT2D eigenvalue weighted by Crippen LogP contribution is -1.99. The van der Waals surface area contributed by atoms with Crippen molar-refractivity contribution in [2.45, 2.75) is 13.5 Å². The molecule has 0 unspecified atom stereocenters. The van der Waals surface area contributed by atoms with Gasteiger partial charge in [-0.25, -0.2) is 4.98 Å². The molecule has 0 amide bonds. The maximum atomic E-state index is 5.81. The molecule has 4 heteroatoms. The highest BCUT2D eigenvalue weighted by atomic mass is 79.9. The maximum Gasteiger partial charge on any atom is 0.130 e. The first-order valence-electron chi connectivity index (χ1n) is 5.15. The van der Waals surface area contributed by atoms with Crippen LogP contribution in [0, 0.1) is 6.92 Å². The van der Waals surface area contributed by atoms with Gasteiger partial charge in [-0.1, -0.05) is 33.6 Å². The Morgan fingerprint density at radius 3 is 2.82 bits per heavy atom. The van der Waals surface area contributed by atoms with Crippen molar-refractivity contribution in [2.75, 3.05) is 0 Å². The fourth-order valence-corrected chi connectivity index (χ4v) is 2.11. The van der Waals surface area contributed by atoms with Crippen molar-refractivity contribution in [3.63, 3.8) is 0 Å². The lowest BCUT2D eigenvalue weighted by Gasteiger charge is -2.09. The highest BCUT2D eigenvalue weighted by molar-refractivity contribution is 9.10. The van der Waals surface area contributed by atoms with Gasteiger partial charge in [0.25, 0.3) is 0 Å². The Kier molecular flexibility index (Phi) is 4.02. The Hall–Kier alpha value is -1.06. The molecule has 0 saturated carbocycles. The highest BCUT2D eigenvalue weighted by Gasteiger charge is 2.02. The zero-order chi connectivity index (χ0) is 12.3. The Balaban J connectivity index is 2.07. The SMILES string of the molecule is Cc1cc(Br)ccc1OCc1cccc(Cl)n1. The van der Waals surface area contributed by atoms with E-state index in [0.717, 1.165) is 21.5 Å². The van der Waals surface area contributed by atoms with E-state index < -0.39 is 0 Å². The monoisotopic (exact) mass is 311 g/mol. The van der Waals surface area contributed by atoms with Crippen LogP contribution < -0.4 is 4.74 Å². The van der Waals surface area contributed by atoms with Crippen LogP contribution in [0.15, 0.2) is 40.9 Å². The predicted octanol–water partition coefficient (Wildman–Crippen LogP) is 4.38. The van der Waals surface area contributed by atoms with E-state index in [1.165, 1.54) is 0 Å². The smallest absolute Gasteiger partial charge is 0.130 e. The number of benzene rings is 1. The summed E-state index contributed by atoms with van der Waals surface area (Å²) in [6.07, 6.45) is 0. The molecule has 1 aromatic carbocycles. The third-order valence-corrected chi connectivity index (χ3v) is 2.99. The van der Waals surface area contributed by atoms with Gasteiger partial charge in [0.2, 0.25) is 0 Å². The van der Waals surface area contributed by atoms with Crippen molar-refractivity contribution in [1.82, 2.24) is 4.98 Å². The van der Waals surface area contributed by atoms with Crippen LogP contribution in [-0.2, 0) is 6.61 Å². The molecule has 2 rings (SSSR count). The van der Waals surface area contributed by atoms with Gasteiger partial charge in [-0.3, -0.25) is 0 Å². The summed E-state index contributed by atoms with van der Waals surface area (Å²) < 4.78 is 6.74. The van der Waals surface area contributed by atoms with Gasteiger partial charge in [0.15, 0.2) is 0 Å². The van der Waals surface area contributed by atoms with E-state index in [2.05, 4.69) is 20.9 Å². The minimum absolute atomic E-state index is 0.420. The Morgan fingerprint density at radius 2 is 2.12 bits per heavy atom. The van der Waals surface area contributed by atoms with Crippen molar-refractivity contribution in [2.24, 2.45) is 0 Å². The Morgan fingerprint density at radius 1 is 1.29 bits per heavy atom. The third-order valence-electron chi connectivity index (χ3n) is 2.29. The number of rotatable bonds is 3. The zero-order valence-corrected chi connectivity index (χ0v) is 11.6. The first kappa shape index (κ1) is 12.4. The summed E-state index contributed by atoms with van der Waals surface area (Å²) in [5.41, 5.74) is 1.90. The van der Waals surface area contributed by atoms with E-state index in [9.17, 15) is 0 Å². The summed E-state index contributed by atoms with van der Waals surface area (Å²) in [7, 11) is 0. The molecule has 0 atom stereocenters. The normalized spacial score (nSPS) is 10.3. The maximum absolute atomic E-state index is 5.81. The summed E-state index contributed by atoms with van der Waals surface area (Å²) in [5.74, 6) is 0.856. The Bertz CT molecular complexity index is 531. The number of halogens is 2. The van der Waals surface area contributed by atoms with Crippen molar-refractivity contribution in [3.05, 3.63) is 57.3 Å². The fraction of sp³-hybridized carbons (Fsp3) is 0.154. The van der Waals surface area contributed by atoms with Gasteiger partial charge < -0.3 is 4.74 Å². The molecular weight excluding hydrogens is 302 g/mol. The van der Waals surface area contributed by atoms with Crippen LogP contribution in [0.1, 0.15) is 11.3 Å². The highest BCUT2D eigenvalue weighted by Crippen LogP contribution is 2.22. The predicted molar refractivity (Wildman–Crippen MR) is 72.5 cm³/mol. The molecule has 0 aliphatic rings. The first-order chi connectivity index (χ1) is 8.15. The molecule has 0 radical (unpaired) electrons. The summed E-state index contributed by atoms with van der Waals surface area (Å²) in [6.45, 7) is 2.43. The second kappa shape index (κ2) is 5.52. The quantitative estimate of drug-likeness (QED) is 0.784. The first-order valence-corrected chi connectivity index (χ1v) is 6.32. The number of aryl methyl sites for hydroxylation is 1. The van der Waals surface area contributed by atoms with E-state index in [4.69, 9.17) is 16.3 Å². The van der Waals surface area contributed by atoms with E-state index in [1.54, 1.807) is 6.07 Å². The van der Waals surface area contributed by atoms with Crippen LogP contribution in [0.25, 0.3) is 0 Å². The summed E-state index contributed by atoms with van der Waals surface area (Å²) >= 11 is 9.22. The molecule has 2 aromatic rings. The van der Waals surface area contributed by atoms with Crippen LogP contribution in [0.5, 0.6) is 5.75 Å². The van der Waals surface area contributed by atoms with Crippen molar-refractivity contribution >= 4 is 27.5 Å². The van der Waals surface area contributed by atoms with Gasteiger partial charge in [-0.15, -0.1) is 0 Å². The van der Waals surface area contributed by atoms with E-state index in [1.807, 2.05) is 37.3 Å². The molecule has 0 saturated heterocycles. The number of nitrogens with zero attached hydrogens (tertiary/aromatic N) is 1. The molecule has 17 heavy (non-hydrogen) atoms. The van der Waals surface area contributed by atoms with Gasteiger partial charge in [0, 0.05) is 4.47 Å². The largest absolute Gasteiger partial charge is 0.487 e. The van der Waals surface area contributed by atoms with Crippen LogP contribution >= 0.6 is 27.5 Å². The lowest BCUT2D eigenvalue weighted by molar-refractivity contribution is 0.299. The number of aromatic nitrogens is 1. The molecule has 1 aromatic heterocycles. The molecular formula is C13H11BrClNO. The number of pyridine rings is 1. The third kappa shape index (κ3) is 3.45. The minimum Gasteiger partial charge on any atom is -0.487 e. The molecule has 0 fully saturated rings. The topological polar surface area (TPSA) is 22.1 Å². The fourth-order valence-electron chi connectivity index (χ4n) is 1.46. The van der Waals surface area contributed by atoms with Crippen molar-refractivity contribution in [3.8, 4) is 5.75 Å². The molecule has 0 N–H and O–H groups in total.